The molecule has 1 aromatic heterocycles. The van der Waals surface area contributed by atoms with Gasteiger partial charge in [0, 0.05) is 17.1 Å². The van der Waals surface area contributed by atoms with E-state index in [1.54, 1.807) is 0 Å². The molecule has 96 valence electrons. The fourth-order valence-corrected chi connectivity index (χ4v) is 2.20. The van der Waals surface area contributed by atoms with Crippen molar-refractivity contribution < 1.29 is 4.52 Å². The number of halogens is 2. The van der Waals surface area contributed by atoms with Crippen LogP contribution in [-0.4, -0.2) is 23.2 Å². The minimum absolute atomic E-state index is 0. The summed E-state index contributed by atoms with van der Waals surface area (Å²) in [6, 6.07) is 7.47. The molecule has 1 aromatic carbocycles. The molecule has 0 amide bonds. The Morgan fingerprint density at radius 1 is 1.39 bits per heavy atom. The summed E-state index contributed by atoms with van der Waals surface area (Å²) in [6.07, 6.45) is 1.05. The molecule has 0 radical (unpaired) electrons. The van der Waals surface area contributed by atoms with Crippen LogP contribution in [0.2, 0.25) is 5.02 Å². The molecule has 0 bridgehead atoms. The molecular weight excluding hydrogens is 273 g/mol. The van der Waals surface area contributed by atoms with Gasteiger partial charge in [-0.2, -0.15) is 4.98 Å². The van der Waals surface area contributed by atoms with Crippen LogP contribution < -0.4 is 5.32 Å². The number of hydrogen-bond acceptors (Lipinski definition) is 4. The number of aromatic nitrogens is 2. The zero-order chi connectivity index (χ0) is 11.7. The molecule has 6 heteroatoms. The molecule has 1 fully saturated rings. The second kappa shape index (κ2) is 5.69. The topological polar surface area (TPSA) is 51.0 Å². The average Bonchev–Trinajstić information content (AvgIpc) is 3.00. The van der Waals surface area contributed by atoms with Crippen LogP contribution in [-0.2, 0) is 0 Å². The van der Waals surface area contributed by atoms with Gasteiger partial charge in [-0.1, -0.05) is 28.9 Å². The summed E-state index contributed by atoms with van der Waals surface area (Å²) < 4.78 is 5.30. The third kappa shape index (κ3) is 2.66. The van der Waals surface area contributed by atoms with Gasteiger partial charge in [-0.05, 0) is 25.1 Å². The first-order valence-electron chi connectivity index (χ1n) is 5.63. The van der Waals surface area contributed by atoms with E-state index in [4.69, 9.17) is 16.1 Å². The Morgan fingerprint density at radius 2 is 2.28 bits per heavy atom. The first-order valence-corrected chi connectivity index (χ1v) is 6.01. The maximum atomic E-state index is 5.93. The van der Waals surface area contributed by atoms with Crippen LogP contribution in [0, 0.1) is 0 Å². The van der Waals surface area contributed by atoms with Crippen LogP contribution in [0.3, 0.4) is 0 Å². The van der Waals surface area contributed by atoms with Crippen LogP contribution in [0.4, 0.5) is 0 Å². The van der Waals surface area contributed by atoms with Crippen LogP contribution >= 0.6 is 24.0 Å². The highest BCUT2D eigenvalue weighted by Gasteiger charge is 2.22. The van der Waals surface area contributed by atoms with Gasteiger partial charge in [-0.3, -0.25) is 0 Å². The standard InChI is InChI=1S/C12H12ClN3O.ClH/c13-10-3-1-2-8(6-10)11-15-12(17-16-11)9-4-5-14-7-9;/h1-3,6,9,14H,4-5,7H2;1H/t9-;/m1./s1. The van der Waals surface area contributed by atoms with Crippen molar-refractivity contribution in [3.63, 3.8) is 0 Å². The summed E-state index contributed by atoms with van der Waals surface area (Å²) in [6.45, 7) is 1.93. The van der Waals surface area contributed by atoms with Gasteiger partial charge < -0.3 is 9.84 Å². The van der Waals surface area contributed by atoms with Crippen LogP contribution in [0.5, 0.6) is 0 Å². The normalized spacial score (nSPS) is 18.6. The second-order valence-electron chi connectivity index (χ2n) is 4.16. The number of nitrogens with one attached hydrogen (secondary N) is 1. The van der Waals surface area contributed by atoms with Gasteiger partial charge in [-0.25, -0.2) is 0 Å². The van der Waals surface area contributed by atoms with Crippen molar-refractivity contribution in [2.24, 2.45) is 0 Å². The minimum atomic E-state index is 0. The predicted molar refractivity (Wildman–Crippen MR) is 72.2 cm³/mol. The lowest BCUT2D eigenvalue weighted by atomic mass is 10.1. The highest BCUT2D eigenvalue weighted by molar-refractivity contribution is 6.30. The molecule has 0 aliphatic carbocycles. The number of nitrogens with zero attached hydrogens (tertiary/aromatic N) is 2. The van der Waals surface area contributed by atoms with Gasteiger partial charge in [-0.15, -0.1) is 12.4 Å². The van der Waals surface area contributed by atoms with E-state index in [2.05, 4.69) is 15.5 Å². The van der Waals surface area contributed by atoms with E-state index < -0.39 is 0 Å². The van der Waals surface area contributed by atoms with E-state index >= 15 is 0 Å². The van der Waals surface area contributed by atoms with Gasteiger partial charge in [0.25, 0.3) is 0 Å². The fraction of sp³-hybridized carbons (Fsp3) is 0.333. The zero-order valence-corrected chi connectivity index (χ0v) is 11.2. The largest absolute Gasteiger partial charge is 0.339 e. The Bertz CT molecular complexity index is 524. The predicted octanol–water partition coefficient (Wildman–Crippen LogP) is 2.89. The zero-order valence-electron chi connectivity index (χ0n) is 9.60. The molecule has 1 aliphatic heterocycles. The summed E-state index contributed by atoms with van der Waals surface area (Å²) in [5, 5.41) is 7.96. The molecule has 0 saturated carbocycles. The molecule has 18 heavy (non-hydrogen) atoms. The average molecular weight is 286 g/mol. The highest BCUT2D eigenvalue weighted by atomic mass is 35.5. The first-order chi connectivity index (χ1) is 8.33. The Kier molecular flexibility index (Phi) is 4.22. The van der Waals surface area contributed by atoms with Crippen molar-refractivity contribution in [1.29, 1.82) is 0 Å². The third-order valence-corrected chi connectivity index (χ3v) is 3.17. The molecule has 1 aliphatic rings. The SMILES string of the molecule is Cl.Clc1cccc(-c2noc([C@@H]3CCNC3)n2)c1. The summed E-state index contributed by atoms with van der Waals surface area (Å²) in [7, 11) is 0. The summed E-state index contributed by atoms with van der Waals surface area (Å²) in [5.74, 6) is 1.66. The van der Waals surface area contributed by atoms with Gasteiger partial charge in [0.1, 0.15) is 0 Å². The quantitative estimate of drug-likeness (QED) is 0.922. The Balaban J connectivity index is 0.00000120. The van der Waals surface area contributed by atoms with E-state index in [9.17, 15) is 0 Å². The summed E-state index contributed by atoms with van der Waals surface area (Å²) in [4.78, 5) is 4.43. The third-order valence-electron chi connectivity index (χ3n) is 2.93. The molecule has 4 nitrogen and oxygen atoms in total. The first kappa shape index (κ1) is 13.3. The van der Waals surface area contributed by atoms with Gasteiger partial charge >= 0.3 is 0 Å². The van der Waals surface area contributed by atoms with Gasteiger partial charge in [0.05, 0.1) is 5.92 Å². The van der Waals surface area contributed by atoms with Crippen molar-refractivity contribution in [3.8, 4) is 11.4 Å². The Labute approximate surface area is 116 Å². The van der Waals surface area contributed by atoms with Gasteiger partial charge in [0.15, 0.2) is 0 Å². The van der Waals surface area contributed by atoms with E-state index in [0.717, 1.165) is 25.1 Å². The lowest BCUT2D eigenvalue weighted by Gasteiger charge is -1.98. The summed E-state index contributed by atoms with van der Waals surface area (Å²) in [5.41, 5.74) is 0.887. The van der Waals surface area contributed by atoms with Crippen LogP contribution in [0.25, 0.3) is 11.4 Å². The van der Waals surface area contributed by atoms with Crippen molar-refractivity contribution in [2.75, 3.05) is 13.1 Å². The molecule has 3 rings (SSSR count). The number of benzene rings is 1. The van der Waals surface area contributed by atoms with Crippen LogP contribution in [0.15, 0.2) is 28.8 Å². The highest BCUT2D eigenvalue weighted by Crippen LogP contribution is 2.24. The van der Waals surface area contributed by atoms with Crippen molar-refractivity contribution in [3.05, 3.63) is 35.2 Å². The fourth-order valence-electron chi connectivity index (χ4n) is 2.01. The Hall–Kier alpha value is -1.10. The molecule has 2 heterocycles. The van der Waals surface area contributed by atoms with E-state index in [1.807, 2.05) is 24.3 Å². The summed E-state index contributed by atoms with van der Waals surface area (Å²) >= 11 is 5.93. The lowest BCUT2D eigenvalue weighted by Crippen LogP contribution is -2.08. The minimum Gasteiger partial charge on any atom is -0.339 e. The van der Waals surface area contributed by atoms with E-state index in [0.29, 0.717) is 22.7 Å². The smallest absolute Gasteiger partial charge is 0.231 e. The van der Waals surface area contributed by atoms with Crippen LogP contribution in [0.1, 0.15) is 18.2 Å². The van der Waals surface area contributed by atoms with Gasteiger partial charge in [0.2, 0.25) is 11.7 Å². The number of hydrogen-bond donors (Lipinski definition) is 1. The molecule has 0 spiro atoms. The molecule has 1 atom stereocenters. The molecule has 1 saturated heterocycles. The van der Waals surface area contributed by atoms with E-state index in [-0.39, 0.29) is 12.4 Å². The maximum absolute atomic E-state index is 5.93. The van der Waals surface area contributed by atoms with Crippen molar-refractivity contribution >= 4 is 24.0 Å². The molecule has 0 unspecified atom stereocenters. The Morgan fingerprint density at radius 3 is 3.00 bits per heavy atom. The monoisotopic (exact) mass is 285 g/mol. The van der Waals surface area contributed by atoms with Crippen molar-refractivity contribution in [2.45, 2.75) is 12.3 Å². The number of rotatable bonds is 2. The second-order valence-corrected chi connectivity index (χ2v) is 4.59. The molecular formula is C12H13Cl2N3O. The lowest BCUT2D eigenvalue weighted by molar-refractivity contribution is 0.359. The van der Waals surface area contributed by atoms with Crippen molar-refractivity contribution in [1.82, 2.24) is 15.5 Å². The molecule has 2 aromatic rings. The maximum Gasteiger partial charge on any atom is 0.231 e. The van der Waals surface area contributed by atoms with E-state index in [1.165, 1.54) is 0 Å². The molecule has 1 N–H and O–H groups in total.